The Morgan fingerprint density at radius 2 is 2.05 bits per heavy atom. The summed E-state index contributed by atoms with van der Waals surface area (Å²) < 4.78 is 10.1. The van der Waals surface area contributed by atoms with Gasteiger partial charge < -0.3 is 15.2 Å². The quantitative estimate of drug-likeness (QED) is 0.691. The number of aryl methyl sites for hydroxylation is 1. The molecule has 0 atom stereocenters. The van der Waals surface area contributed by atoms with Crippen molar-refractivity contribution in [3.8, 4) is 11.6 Å². The van der Waals surface area contributed by atoms with Gasteiger partial charge in [-0.05, 0) is 19.1 Å². The van der Waals surface area contributed by atoms with E-state index in [0.29, 0.717) is 22.2 Å². The second-order valence-corrected chi connectivity index (χ2v) is 4.36. The molecular formula is C13H12ClN3O3. The number of carbonyl (C=O) groups excluding carboxylic acids is 1. The molecule has 2 rings (SSSR count). The third kappa shape index (κ3) is 3.16. The lowest BCUT2D eigenvalue weighted by atomic mass is 10.3. The largest absolute Gasteiger partial charge is 0.463 e. The van der Waals surface area contributed by atoms with Gasteiger partial charge in [-0.2, -0.15) is 4.98 Å². The van der Waals surface area contributed by atoms with Crippen LogP contribution in [-0.2, 0) is 4.74 Å². The standard InChI is InChI=1S/C13H12ClN3O3/c1-7-5-11(17-12(16-7)13(18)19-2)20-10-6-8(15)3-4-9(10)14/h3-6H,15H2,1-2H3. The molecule has 2 N–H and O–H groups in total. The Kier molecular flexibility index (Phi) is 4.05. The van der Waals surface area contributed by atoms with Gasteiger partial charge in [-0.3, -0.25) is 0 Å². The SMILES string of the molecule is COC(=O)c1nc(C)cc(Oc2cc(N)ccc2Cl)n1. The molecule has 0 aliphatic rings. The Bertz CT molecular complexity index is 661. The number of ether oxygens (including phenoxy) is 2. The summed E-state index contributed by atoms with van der Waals surface area (Å²) in [5, 5.41) is 0.384. The highest BCUT2D eigenvalue weighted by molar-refractivity contribution is 6.32. The predicted molar refractivity (Wildman–Crippen MR) is 74.0 cm³/mol. The molecule has 0 bridgehead atoms. The minimum atomic E-state index is -0.641. The summed E-state index contributed by atoms with van der Waals surface area (Å²) in [7, 11) is 1.25. The maximum atomic E-state index is 11.4. The minimum Gasteiger partial charge on any atom is -0.463 e. The van der Waals surface area contributed by atoms with Crippen LogP contribution in [0.2, 0.25) is 5.02 Å². The normalized spacial score (nSPS) is 10.2. The lowest BCUT2D eigenvalue weighted by molar-refractivity contribution is 0.0585. The van der Waals surface area contributed by atoms with E-state index in [1.807, 2.05) is 0 Å². The Labute approximate surface area is 120 Å². The Morgan fingerprint density at radius 1 is 1.30 bits per heavy atom. The zero-order valence-corrected chi connectivity index (χ0v) is 11.6. The number of hydrogen-bond donors (Lipinski definition) is 1. The monoisotopic (exact) mass is 293 g/mol. The van der Waals surface area contributed by atoms with Gasteiger partial charge in [-0.15, -0.1) is 0 Å². The second kappa shape index (κ2) is 5.75. The fraction of sp³-hybridized carbons (Fsp3) is 0.154. The van der Waals surface area contributed by atoms with Gasteiger partial charge in [-0.1, -0.05) is 11.6 Å². The Morgan fingerprint density at radius 3 is 2.75 bits per heavy atom. The van der Waals surface area contributed by atoms with Crippen LogP contribution in [0.25, 0.3) is 0 Å². The first-order valence-electron chi connectivity index (χ1n) is 5.66. The summed E-state index contributed by atoms with van der Waals surface area (Å²) in [6, 6.07) is 6.41. The number of rotatable bonds is 3. The number of esters is 1. The molecule has 7 heteroatoms. The topological polar surface area (TPSA) is 87.3 Å². The molecule has 1 heterocycles. The Hall–Kier alpha value is -2.34. The van der Waals surface area contributed by atoms with E-state index < -0.39 is 5.97 Å². The summed E-state index contributed by atoms with van der Waals surface area (Å²) in [4.78, 5) is 19.4. The maximum absolute atomic E-state index is 11.4. The van der Waals surface area contributed by atoms with Gasteiger partial charge >= 0.3 is 5.97 Å². The molecule has 1 aromatic heterocycles. The Balaban J connectivity index is 2.36. The number of methoxy groups -OCH3 is 1. The van der Waals surface area contributed by atoms with Crippen LogP contribution in [0.3, 0.4) is 0 Å². The van der Waals surface area contributed by atoms with E-state index in [2.05, 4.69) is 14.7 Å². The summed E-state index contributed by atoms with van der Waals surface area (Å²) in [6.07, 6.45) is 0. The highest BCUT2D eigenvalue weighted by atomic mass is 35.5. The number of halogens is 1. The molecule has 0 spiro atoms. The number of carbonyl (C=O) groups is 1. The summed E-state index contributed by atoms with van der Waals surface area (Å²) in [5.41, 5.74) is 6.73. The van der Waals surface area contributed by atoms with Crippen LogP contribution in [0, 0.1) is 6.92 Å². The molecule has 104 valence electrons. The van der Waals surface area contributed by atoms with E-state index in [1.54, 1.807) is 31.2 Å². The van der Waals surface area contributed by atoms with Crippen molar-refractivity contribution in [3.05, 3.63) is 40.8 Å². The zero-order chi connectivity index (χ0) is 14.7. The van der Waals surface area contributed by atoms with Crippen LogP contribution in [-0.4, -0.2) is 23.0 Å². The number of nitrogens with zero attached hydrogens (tertiary/aromatic N) is 2. The number of hydrogen-bond acceptors (Lipinski definition) is 6. The molecule has 1 aromatic carbocycles. The van der Waals surface area contributed by atoms with E-state index in [4.69, 9.17) is 22.1 Å². The van der Waals surface area contributed by atoms with E-state index in [1.165, 1.54) is 7.11 Å². The van der Waals surface area contributed by atoms with Crippen LogP contribution in [0.15, 0.2) is 24.3 Å². The third-order valence-corrected chi connectivity index (χ3v) is 2.68. The molecule has 0 fully saturated rings. The fourth-order valence-corrected chi connectivity index (χ4v) is 1.64. The average molecular weight is 294 g/mol. The second-order valence-electron chi connectivity index (χ2n) is 3.95. The first-order valence-corrected chi connectivity index (χ1v) is 6.04. The smallest absolute Gasteiger partial charge is 0.376 e. The van der Waals surface area contributed by atoms with E-state index in [0.717, 1.165) is 0 Å². The van der Waals surface area contributed by atoms with Gasteiger partial charge in [0.05, 0.1) is 12.1 Å². The molecule has 2 aromatic rings. The van der Waals surface area contributed by atoms with Crippen molar-refractivity contribution >= 4 is 23.3 Å². The van der Waals surface area contributed by atoms with Crippen LogP contribution in [0.5, 0.6) is 11.6 Å². The molecule has 6 nitrogen and oxygen atoms in total. The van der Waals surface area contributed by atoms with Gasteiger partial charge in [0.15, 0.2) is 0 Å². The summed E-state index contributed by atoms with van der Waals surface area (Å²) in [6.45, 7) is 1.71. The molecule has 0 amide bonds. The molecule has 0 aliphatic carbocycles. The van der Waals surface area contributed by atoms with Crippen LogP contribution in [0.1, 0.15) is 16.3 Å². The zero-order valence-electron chi connectivity index (χ0n) is 10.9. The molecule has 0 saturated carbocycles. The van der Waals surface area contributed by atoms with Crippen LogP contribution >= 0.6 is 11.6 Å². The number of aromatic nitrogens is 2. The number of anilines is 1. The predicted octanol–water partition coefficient (Wildman–Crippen LogP) is 2.60. The lowest BCUT2D eigenvalue weighted by Crippen LogP contribution is -2.09. The molecule has 0 saturated heterocycles. The molecule has 0 aliphatic heterocycles. The number of nitrogen functional groups attached to an aromatic ring is 1. The maximum Gasteiger partial charge on any atom is 0.376 e. The first-order chi connectivity index (χ1) is 9.49. The fourth-order valence-electron chi connectivity index (χ4n) is 1.49. The van der Waals surface area contributed by atoms with Crippen molar-refractivity contribution < 1.29 is 14.3 Å². The number of benzene rings is 1. The van der Waals surface area contributed by atoms with Crippen molar-refractivity contribution in [1.29, 1.82) is 0 Å². The van der Waals surface area contributed by atoms with E-state index in [9.17, 15) is 4.79 Å². The minimum absolute atomic E-state index is 0.0810. The van der Waals surface area contributed by atoms with Crippen LogP contribution in [0.4, 0.5) is 5.69 Å². The highest BCUT2D eigenvalue weighted by Crippen LogP contribution is 2.30. The number of nitrogens with two attached hydrogens (primary N) is 1. The summed E-state index contributed by atoms with van der Waals surface area (Å²) >= 11 is 6.00. The van der Waals surface area contributed by atoms with Crippen molar-refractivity contribution in [1.82, 2.24) is 9.97 Å². The van der Waals surface area contributed by atoms with Gasteiger partial charge in [0.25, 0.3) is 0 Å². The molecule has 20 heavy (non-hydrogen) atoms. The van der Waals surface area contributed by atoms with Crippen LogP contribution < -0.4 is 10.5 Å². The van der Waals surface area contributed by atoms with E-state index in [-0.39, 0.29) is 11.7 Å². The van der Waals surface area contributed by atoms with Crippen molar-refractivity contribution in [2.24, 2.45) is 0 Å². The van der Waals surface area contributed by atoms with Gasteiger partial charge in [-0.25, -0.2) is 9.78 Å². The third-order valence-electron chi connectivity index (χ3n) is 2.37. The van der Waals surface area contributed by atoms with Gasteiger partial charge in [0, 0.05) is 23.5 Å². The molecule has 0 unspecified atom stereocenters. The van der Waals surface area contributed by atoms with Gasteiger partial charge in [0.1, 0.15) is 5.75 Å². The van der Waals surface area contributed by atoms with Gasteiger partial charge in [0.2, 0.25) is 11.7 Å². The first kappa shape index (κ1) is 14.1. The summed E-state index contributed by atoms with van der Waals surface area (Å²) in [5.74, 6) is -0.189. The van der Waals surface area contributed by atoms with Crippen molar-refractivity contribution in [2.75, 3.05) is 12.8 Å². The van der Waals surface area contributed by atoms with Crippen molar-refractivity contribution in [2.45, 2.75) is 6.92 Å². The lowest BCUT2D eigenvalue weighted by Gasteiger charge is -2.09. The van der Waals surface area contributed by atoms with E-state index >= 15 is 0 Å². The highest BCUT2D eigenvalue weighted by Gasteiger charge is 2.13. The molecular weight excluding hydrogens is 282 g/mol. The molecule has 0 radical (unpaired) electrons. The van der Waals surface area contributed by atoms with Crippen molar-refractivity contribution in [3.63, 3.8) is 0 Å². The average Bonchev–Trinajstić information content (AvgIpc) is 2.41.